The Bertz CT molecular complexity index is 2710. The molecule has 2 bridgehead atoms. The van der Waals surface area contributed by atoms with Crippen molar-refractivity contribution in [3.05, 3.63) is 82.6 Å². The second-order valence-electron chi connectivity index (χ2n) is 20.8. The number of likely N-dealkylation sites (tertiary alicyclic amines) is 1. The number of amides is 1. The van der Waals surface area contributed by atoms with Crippen molar-refractivity contribution in [1.82, 2.24) is 14.8 Å². The molecule has 1 spiro atoms. The van der Waals surface area contributed by atoms with Crippen molar-refractivity contribution >= 4 is 46.4 Å². The third-order valence-electron chi connectivity index (χ3n) is 17.6. The number of hydrogen-bond donors (Lipinski definition) is 2. The fourth-order valence-electron chi connectivity index (χ4n) is 15.3. The predicted octanol–water partition coefficient (Wildman–Crippen LogP) is 4.43. The van der Waals surface area contributed by atoms with Gasteiger partial charge in [0, 0.05) is 89.3 Å². The van der Waals surface area contributed by atoms with Crippen molar-refractivity contribution < 1.29 is 57.2 Å². The summed E-state index contributed by atoms with van der Waals surface area (Å²) in [6.07, 6.45) is 8.31. The maximum Gasteiger partial charge on any atom is 0.344 e. The van der Waals surface area contributed by atoms with Gasteiger partial charge in [0.1, 0.15) is 30.3 Å². The van der Waals surface area contributed by atoms with E-state index in [1.165, 1.54) is 33.8 Å². The van der Waals surface area contributed by atoms with E-state index >= 15 is 4.79 Å². The summed E-state index contributed by atoms with van der Waals surface area (Å²) in [6, 6.07) is 10.1. The van der Waals surface area contributed by atoms with Gasteiger partial charge in [0.15, 0.2) is 12.6 Å². The van der Waals surface area contributed by atoms with Crippen LogP contribution in [-0.2, 0) is 60.3 Å². The molecule has 368 valence electrons. The summed E-state index contributed by atoms with van der Waals surface area (Å²) in [6.45, 7) is 8.88. The number of likely N-dealkylation sites (N-methyl/N-ethyl adjacent to an activating group) is 1. The minimum Gasteiger partial charge on any atom is -0.496 e. The van der Waals surface area contributed by atoms with E-state index in [0.717, 1.165) is 28.5 Å². The maximum atomic E-state index is 15.6. The van der Waals surface area contributed by atoms with Gasteiger partial charge in [-0.05, 0) is 68.3 Å². The van der Waals surface area contributed by atoms with E-state index in [0.29, 0.717) is 92.1 Å². The predicted molar refractivity (Wildman–Crippen MR) is 254 cm³/mol. The minimum absolute atomic E-state index is 0.0971. The number of nitrogens with zero attached hydrogens (tertiary/aromatic N) is 4. The van der Waals surface area contributed by atoms with E-state index in [1.807, 2.05) is 55.3 Å². The van der Waals surface area contributed by atoms with Gasteiger partial charge in [0.2, 0.25) is 5.60 Å². The van der Waals surface area contributed by atoms with Crippen molar-refractivity contribution in [2.45, 2.75) is 107 Å². The van der Waals surface area contributed by atoms with E-state index in [9.17, 15) is 24.3 Å². The number of aliphatic hydroxyl groups is 1. The lowest BCUT2D eigenvalue weighted by atomic mass is 9.47. The van der Waals surface area contributed by atoms with Crippen LogP contribution in [0.2, 0.25) is 0 Å². The number of aromatic amines is 1. The third kappa shape index (κ3) is 6.39. The molecule has 7 aliphatic rings. The van der Waals surface area contributed by atoms with Gasteiger partial charge in [0.05, 0.1) is 41.0 Å². The van der Waals surface area contributed by atoms with Gasteiger partial charge in [-0.1, -0.05) is 50.3 Å². The summed E-state index contributed by atoms with van der Waals surface area (Å²) in [7, 11) is 7.46. The van der Waals surface area contributed by atoms with Crippen molar-refractivity contribution in [3.63, 3.8) is 0 Å². The molecule has 10 atom stereocenters. The number of nitrogens with one attached hydrogen (secondary N) is 1. The Morgan fingerprint density at radius 1 is 0.942 bits per heavy atom. The average molecular weight is 949 g/mol. The summed E-state index contributed by atoms with van der Waals surface area (Å²) in [5.41, 5.74) is -0.178. The first kappa shape index (κ1) is 47.0. The quantitative estimate of drug-likeness (QED) is 0.127. The van der Waals surface area contributed by atoms with Gasteiger partial charge in [0.25, 0.3) is 5.91 Å². The molecular formula is C53H66N5O11+. The Hall–Kier alpha value is -5.71. The second-order valence-corrected chi connectivity index (χ2v) is 20.8. The van der Waals surface area contributed by atoms with E-state index in [1.54, 1.807) is 12.0 Å². The lowest BCUT2D eigenvalue weighted by Crippen LogP contribution is -2.81. The van der Waals surface area contributed by atoms with Crippen LogP contribution in [0, 0.1) is 11.3 Å². The van der Waals surface area contributed by atoms with E-state index in [2.05, 4.69) is 35.0 Å². The number of carbonyl (C=O) groups excluding carboxylic acids is 5. The monoisotopic (exact) mass is 948 g/mol. The fraction of sp³-hybridized carbons (Fsp3) is 0.566. The van der Waals surface area contributed by atoms with E-state index < -0.39 is 63.9 Å². The molecule has 6 aliphatic heterocycles. The molecule has 3 fully saturated rings. The summed E-state index contributed by atoms with van der Waals surface area (Å²) >= 11 is 0. The zero-order chi connectivity index (χ0) is 49.0. The molecule has 10 rings (SSSR count). The van der Waals surface area contributed by atoms with Crippen LogP contribution >= 0.6 is 0 Å². The van der Waals surface area contributed by atoms with Gasteiger partial charge in [-0.25, -0.2) is 9.59 Å². The molecule has 2 saturated heterocycles. The van der Waals surface area contributed by atoms with Gasteiger partial charge in [-0.2, -0.15) is 0 Å². The normalized spacial score (nSPS) is 34.1. The number of ether oxygens (including phenoxy) is 5. The Kier molecular flexibility index (Phi) is 11.4. The highest BCUT2D eigenvalue weighted by atomic mass is 16.6. The van der Waals surface area contributed by atoms with Gasteiger partial charge in [-0.3, -0.25) is 19.3 Å². The topological polar surface area (TPSA) is 177 Å². The van der Waals surface area contributed by atoms with Crippen molar-refractivity contribution in [1.29, 1.82) is 0 Å². The first-order chi connectivity index (χ1) is 33.1. The smallest absolute Gasteiger partial charge is 0.344 e. The Morgan fingerprint density at radius 3 is 2.41 bits per heavy atom. The zero-order valence-corrected chi connectivity index (χ0v) is 41.1. The molecular weight excluding hydrogens is 883 g/mol. The summed E-state index contributed by atoms with van der Waals surface area (Å²) < 4.78 is 29.7. The standard InChI is InChI=1S/C53H66N5O11/c1-9-32-23-33-26-52(48(62)67-7,43-35(34-15-11-12-16-38(34)54-43)29-58(27-32,28-33)30-42(60)57-21-13-17-39(57)44(61)66-6)37-24-36-40(25-41(37)65-5)55(4)46-51(36)19-22-56-20-14-18-50(10-2,45(51)56)47(69-31(3)59)53(46,64)49(63)68-8/h11-12,14-16,18,23-25,33,39,45-47,54,64H,9-10,13,17,19-22,26-30H2,1-8H3/q+1/t33-,39+,45+,46-,47-,50-,51-,52+,53+,58+/m1/s1. The third-order valence-corrected chi connectivity index (χ3v) is 17.6. The number of H-pyrrole nitrogens is 1. The summed E-state index contributed by atoms with van der Waals surface area (Å²) in [5.74, 6) is -2.32. The highest BCUT2D eigenvalue weighted by Gasteiger charge is 2.80. The Balaban J connectivity index is 1.22. The SMILES string of the molecule is CCC1=C[C@@H]2C[C@](C(=O)OC)(c3cc4c(cc3OC)N(C)[C@H]3[C@@](O)(C(=O)OC)[C@H](OC(C)=O)[C@]5(CC)C=CCN6CC[C@]43[C@@H]65)c3[nH]c4ccccc4c3C[N@+](CC(=O)N3CCC[C@H]3C(=O)OC)(C1)C2. The number of aromatic nitrogens is 1. The number of hydrogen-bond acceptors (Lipinski definition) is 13. The van der Waals surface area contributed by atoms with Crippen LogP contribution in [0.3, 0.4) is 0 Å². The number of quaternary nitrogens is 1. The lowest BCUT2D eigenvalue weighted by Gasteiger charge is -2.63. The number of carbonyl (C=O) groups is 5. The van der Waals surface area contributed by atoms with Gasteiger partial charge < -0.3 is 48.1 Å². The second kappa shape index (κ2) is 16.7. The molecule has 16 heteroatoms. The van der Waals surface area contributed by atoms with E-state index in [-0.39, 0.29) is 30.8 Å². The molecule has 0 unspecified atom stereocenters. The molecule has 1 saturated carbocycles. The molecule has 7 heterocycles. The number of methoxy groups -OCH3 is 4. The first-order valence-electron chi connectivity index (χ1n) is 24.5. The number of fused-ring (bicyclic) bond motifs is 6. The molecule has 1 amide bonds. The summed E-state index contributed by atoms with van der Waals surface area (Å²) in [5, 5.41) is 14.4. The van der Waals surface area contributed by atoms with Crippen LogP contribution in [0.25, 0.3) is 10.9 Å². The van der Waals surface area contributed by atoms with Crippen LogP contribution in [0.4, 0.5) is 5.69 Å². The number of esters is 4. The Morgan fingerprint density at radius 2 is 1.71 bits per heavy atom. The molecule has 1 aliphatic carbocycles. The van der Waals surface area contributed by atoms with Crippen LogP contribution in [-0.4, -0.2) is 159 Å². The number of rotatable bonds is 10. The minimum atomic E-state index is -2.34. The molecule has 69 heavy (non-hydrogen) atoms. The largest absolute Gasteiger partial charge is 0.496 e. The molecule has 2 aromatic carbocycles. The van der Waals surface area contributed by atoms with Crippen molar-refractivity contribution in [3.8, 4) is 5.75 Å². The first-order valence-corrected chi connectivity index (χ1v) is 24.5. The van der Waals surface area contributed by atoms with Gasteiger partial charge >= 0.3 is 23.9 Å². The maximum absolute atomic E-state index is 15.6. The summed E-state index contributed by atoms with van der Waals surface area (Å²) in [4.78, 5) is 80.7. The van der Waals surface area contributed by atoms with Crippen molar-refractivity contribution in [2.24, 2.45) is 11.3 Å². The highest BCUT2D eigenvalue weighted by Crippen LogP contribution is 2.68. The van der Waals surface area contributed by atoms with Crippen LogP contribution in [0.1, 0.15) is 81.7 Å². The van der Waals surface area contributed by atoms with Crippen LogP contribution < -0.4 is 9.64 Å². The number of anilines is 1. The van der Waals surface area contributed by atoms with E-state index in [4.69, 9.17) is 23.7 Å². The number of para-hydroxylation sites is 1. The molecule has 2 N–H and O–H groups in total. The lowest BCUT2D eigenvalue weighted by molar-refractivity contribution is -0.934. The average Bonchev–Trinajstić information content (AvgIpc) is 4.14. The highest BCUT2D eigenvalue weighted by molar-refractivity contribution is 5.95. The molecule has 1 aromatic heterocycles. The zero-order valence-electron chi connectivity index (χ0n) is 41.1. The Labute approximate surface area is 403 Å². The van der Waals surface area contributed by atoms with Gasteiger partial charge in [-0.15, -0.1) is 0 Å². The molecule has 3 aromatic rings. The van der Waals surface area contributed by atoms with Crippen molar-refractivity contribution in [2.75, 3.05) is 79.7 Å². The molecule has 0 radical (unpaired) electrons. The number of benzene rings is 2. The molecule has 16 nitrogen and oxygen atoms in total. The fourth-order valence-corrected chi connectivity index (χ4v) is 15.3. The van der Waals surface area contributed by atoms with Crippen LogP contribution in [0.5, 0.6) is 5.75 Å². The van der Waals surface area contributed by atoms with Crippen LogP contribution in [0.15, 0.2) is 60.2 Å².